The molecule has 2 aromatic carbocycles. The molecule has 128 valence electrons. The highest BCUT2D eigenvalue weighted by atomic mass is 16.4. The number of likely N-dealkylation sites (N-methyl/N-ethyl adjacent to an activating group) is 1. The molecule has 1 atom stereocenters. The minimum atomic E-state index is -0.494. The molecule has 0 saturated carbocycles. The van der Waals surface area contributed by atoms with Crippen molar-refractivity contribution in [3.8, 4) is 0 Å². The van der Waals surface area contributed by atoms with Crippen LogP contribution in [-0.4, -0.2) is 22.4 Å². The van der Waals surface area contributed by atoms with E-state index >= 15 is 0 Å². The van der Waals surface area contributed by atoms with Gasteiger partial charge < -0.3 is 9.32 Å². The van der Waals surface area contributed by atoms with Crippen LogP contribution in [0.3, 0.4) is 0 Å². The van der Waals surface area contributed by atoms with Gasteiger partial charge in [-0.15, -0.1) is 0 Å². The zero-order chi connectivity index (χ0) is 17.4. The monoisotopic (exact) mass is 336 g/mol. The largest absolute Gasteiger partial charge is 0.420 e. The van der Waals surface area contributed by atoms with E-state index in [2.05, 4.69) is 12.1 Å². The second-order valence-electron chi connectivity index (χ2n) is 6.53. The number of hydrogen-bond donors (Lipinski definition) is 0. The van der Waals surface area contributed by atoms with Crippen molar-refractivity contribution in [3.05, 3.63) is 70.2 Å². The summed E-state index contributed by atoms with van der Waals surface area (Å²) in [6.45, 7) is -0.00892. The summed E-state index contributed by atoms with van der Waals surface area (Å²) >= 11 is 0. The van der Waals surface area contributed by atoms with Crippen LogP contribution < -0.4 is 5.76 Å². The molecule has 0 bridgehead atoms. The Hall–Kier alpha value is -2.82. The lowest BCUT2D eigenvalue weighted by Gasteiger charge is -2.33. The lowest BCUT2D eigenvalue weighted by molar-refractivity contribution is -0.133. The molecule has 0 aliphatic heterocycles. The molecule has 0 N–H and O–H groups in total. The number of carbonyl (C=O) groups excluding carboxylic acids is 1. The predicted molar refractivity (Wildman–Crippen MR) is 95.4 cm³/mol. The van der Waals surface area contributed by atoms with Crippen molar-refractivity contribution in [3.63, 3.8) is 0 Å². The quantitative estimate of drug-likeness (QED) is 0.738. The summed E-state index contributed by atoms with van der Waals surface area (Å²) in [4.78, 5) is 26.7. The van der Waals surface area contributed by atoms with E-state index in [1.807, 2.05) is 31.3 Å². The number of aryl methyl sites for hydroxylation is 1. The number of rotatable bonds is 3. The van der Waals surface area contributed by atoms with Gasteiger partial charge in [0.15, 0.2) is 5.58 Å². The minimum absolute atomic E-state index is 0.00892. The molecule has 3 aromatic rings. The normalized spacial score (nSPS) is 16.6. The number of nitrogens with zero attached hydrogens (tertiary/aromatic N) is 2. The van der Waals surface area contributed by atoms with E-state index in [-0.39, 0.29) is 18.5 Å². The van der Waals surface area contributed by atoms with Crippen LogP contribution in [0.1, 0.15) is 30.0 Å². The fourth-order valence-corrected chi connectivity index (χ4v) is 3.71. The number of hydrogen-bond acceptors (Lipinski definition) is 3. The van der Waals surface area contributed by atoms with Crippen molar-refractivity contribution in [2.75, 3.05) is 7.05 Å². The maximum atomic E-state index is 12.8. The Morgan fingerprint density at radius 2 is 1.96 bits per heavy atom. The van der Waals surface area contributed by atoms with E-state index in [0.29, 0.717) is 11.1 Å². The molecule has 1 aliphatic rings. The van der Waals surface area contributed by atoms with E-state index in [1.165, 1.54) is 15.7 Å². The van der Waals surface area contributed by atoms with Crippen LogP contribution in [-0.2, 0) is 17.8 Å². The molecule has 0 spiro atoms. The summed E-state index contributed by atoms with van der Waals surface area (Å²) in [5.41, 5.74) is 3.68. The summed E-state index contributed by atoms with van der Waals surface area (Å²) in [5, 5.41) is 0. The fraction of sp³-hybridized carbons (Fsp3) is 0.300. The molecule has 4 rings (SSSR count). The number of para-hydroxylation sites is 2. The smallest absolute Gasteiger partial charge is 0.408 e. The highest BCUT2D eigenvalue weighted by molar-refractivity contribution is 5.79. The Balaban J connectivity index is 1.61. The van der Waals surface area contributed by atoms with Crippen molar-refractivity contribution in [2.45, 2.75) is 31.8 Å². The third-order valence-corrected chi connectivity index (χ3v) is 5.07. The first-order chi connectivity index (χ1) is 12.1. The third kappa shape index (κ3) is 2.76. The van der Waals surface area contributed by atoms with Crippen molar-refractivity contribution in [2.24, 2.45) is 0 Å². The minimum Gasteiger partial charge on any atom is -0.408 e. The second kappa shape index (κ2) is 6.24. The summed E-state index contributed by atoms with van der Waals surface area (Å²) in [5.74, 6) is -0.581. The lowest BCUT2D eigenvalue weighted by Crippen LogP contribution is -2.37. The van der Waals surface area contributed by atoms with Gasteiger partial charge in [-0.2, -0.15) is 0 Å². The van der Waals surface area contributed by atoms with Crippen molar-refractivity contribution >= 4 is 17.0 Å². The van der Waals surface area contributed by atoms with E-state index < -0.39 is 5.76 Å². The van der Waals surface area contributed by atoms with Crippen LogP contribution in [0.2, 0.25) is 0 Å². The van der Waals surface area contributed by atoms with Gasteiger partial charge in [0.2, 0.25) is 5.91 Å². The Morgan fingerprint density at radius 1 is 1.20 bits per heavy atom. The molecule has 0 radical (unpaired) electrons. The molecule has 0 fully saturated rings. The third-order valence-electron chi connectivity index (χ3n) is 5.07. The van der Waals surface area contributed by atoms with E-state index in [0.717, 1.165) is 19.3 Å². The molecule has 1 aliphatic carbocycles. The Labute approximate surface area is 145 Å². The molecule has 1 heterocycles. The highest BCUT2D eigenvalue weighted by Crippen LogP contribution is 2.33. The maximum Gasteiger partial charge on any atom is 0.420 e. The first-order valence-electron chi connectivity index (χ1n) is 8.57. The molecule has 1 aromatic heterocycles. The van der Waals surface area contributed by atoms with E-state index in [4.69, 9.17) is 4.42 Å². The van der Waals surface area contributed by atoms with Gasteiger partial charge in [-0.25, -0.2) is 4.79 Å². The van der Waals surface area contributed by atoms with Gasteiger partial charge >= 0.3 is 5.76 Å². The van der Waals surface area contributed by atoms with Gasteiger partial charge in [0.05, 0.1) is 11.6 Å². The van der Waals surface area contributed by atoms with Crippen LogP contribution in [0.5, 0.6) is 0 Å². The Kier molecular flexibility index (Phi) is 3.92. The predicted octanol–water partition coefficient (Wildman–Crippen LogP) is 3.13. The average molecular weight is 336 g/mol. The SMILES string of the molecule is CN(C(=O)Cn1c(=O)oc2ccccc21)C1CCCc2ccccc21. The van der Waals surface area contributed by atoms with E-state index in [9.17, 15) is 9.59 Å². The fourth-order valence-electron chi connectivity index (χ4n) is 3.71. The molecular formula is C20H20N2O3. The summed E-state index contributed by atoms with van der Waals surface area (Å²) in [6.07, 6.45) is 3.06. The Bertz CT molecular complexity index is 986. The molecule has 5 nitrogen and oxygen atoms in total. The summed E-state index contributed by atoms with van der Waals surface area (Å²) in [6, 6.07) is 15.5. The standard InChI is InChI=1S/C20H20N2O3/c1-21(16-11-6-8-14-7-2-3-9-15(14)16)19(23)13-22-17-10-4-5-12-18(17)25-20(22)24/h2-5,7,9-10,12,16H,6,8,11,13H2,1H3. The zero-order valence-electron chi connectivity index (χ0n) is 14.1. The number of benzene rings is 2. The number of aromatic nitrogens is 1. The van der Waals surface area contributed by atoms with Crippen LogP contribution in [0.15, 0.2) is 57.7 Å². The van der Waals surface area contributed by atoms with Crippen LogP contribution in [0.4, 0.5) is 0 Å². The number of oxazole rings is 1. The topological polar surface area (TPSA) is 55.5 Å². The molecule has 0 saturated heterocycles. The van der Waals surface area contributed by atoms with Crippen molar-refractivity contribution < 1.29 is 9.21 Å². The summed E-state index contributed by atoms with van der Waals surface area (Å²) in [7, 11) is 1.82. The van der Waals surface area contributed by atoms with Gasteiger partial charge in [0, 0.05) is 7.05 Å². The molecule has 1 unspecified atom stereocenters. The van der Waals surface area contributed by atoms with Gasteiger partial charge in [-0.1, -0.05) is 36.4 Å². The number of carbonyl (C=O) groups is 1. The number of fused-ring (bicyclic) bond motifs is 2. The van der Waals surface area contributed by atoms with Crippen molar-refractivity contribution in [1.82, 2.24) is 9.47 Å². The summed E-state index contributed by atoms with van der Waals surface area (Å²) < 4.78 is 6.62. The number of amides is 1. The molecule has 1 amide bonds. The van der Waals surface area contributed by atoms with E-state index in [1.54, 1.807) is 17.0 Å². The highest BCUT2D eigenvalue weighted by Gasteiger charge is 2.27. The average Bonchev–Trinajstić information content (AvgIpc) is 2.96. The van der Waals surface area contributed by atoms with Gasteiger partial charge in [-0.05, 0) is 42.5 Å². The first-order valence-corrected chi connectivity index (χ1v) is 8.57. The van der Waals surface area contributed by atoms with Crippen molar-refractivity contribution in [1.29, 1.82) is 0 Å². The first kappa shape index (κ1) is 15.7. The van der Waals surface area contributed by atoms with Crippen LogP contribution in [0, 0.1) is 0 Å². The maximum absolute atomic E-state index is 12.8. The zero-order valence-corrected chi connectivity index (χ0v) is 14.1. The van der Waals surface area contributed by atoms with Gasteiger partial charge in [0.25, 0.3) is 0 Å². The van der Waals surface area contributed by atoms with Gasteiger partial charge in [0.1, 0.15) is 6.54 Å². The molecular weight excluding hydrogens is 316 g/mol. The molecule has 5 heteroatoms. The lowest BCUT2D eigenvalue weighted by atomic mass is 9.87. The van der Waals surface area contributed by atoms with Crippen LogP contribution in [0.25, 0.3) is 11.1 Å². The van der Waals surface area contributed by atoms with Crippen LogP contribution >= 0.6 is 0 Å². The Morgan fingerprint density at radius 3 is 2.84 bits per heavy atom. The van der Waals surface area contributed by atoms with Gasteiger partial charge in [-0.3, -0.25) is 9.36 Å². The molecule has 25 heavy (non-hydrogen) atoms. The second-order valence-corrected chi connectivity index (χ2v) is 6.53.